The summed E-state index contributed by atoms with van der Waals surface area (Å²) in [5, 5.41) is 8.43. The van der Waals surface area contributed by atoms with Crippen molar-refractivity contribution >= 4 is 22.4 Å². The van der Waals surface area contributed by atoms with Crippen LogP contribution in [0.4, 0.5) is 5.69 Å². The second-order valence-electron chi connectivity index (χ2n) is 5.35. The monoisotopic (exact) mass is 269 g/mol. The fourth-order valence-corrected chi connectivity index (χ4v) is 2.73. The van der Waals surface area contributed by atoms with Crippen LogP contribution in [0.25, 0.3) is 10.8 Å². The van der Waals surface area contributed by atoms with Gasteiger partial charge in [0.15, 0.2) is 0 Å². The van der Waals surface area contributed by atoms with E-state index in [1.54, 1.807) is 12.4 Å². The van der Waals surface area contributed by atoms with Gasteiger partial charge in [0.05, 0.1) is 5.69 Å². The van der Waals surface area contributed by atoms with Crippen molar-refractivity contribution in [3.63, 3.8) is 0 Å². The van der Waals surface area contributed by atoms with Crippen molar-refractivity contribution in [2.24, 2.45) is 5.92 Å². The number of benzene rings is 1. The quantitative estimate of drug-likeness (QED) is 0.897. The number of pyridine rings is 1. The van der Waals surface area contributed by atoms with E-state index in [9.17, 15) is 4.79 Å². The normalized spacial score (nSPS) is 18.3. The maximum absolute atomic E-state index is 12.1. The van der Waals surface area contributed by atoms with Crippen molar-refractivity contribution in [2.45, 2.75) is 19.3 Å². The molecule has 2 N–H and O–H groups in total. The minimum absolute atomic E-state index is 0.0910. The number of hydrogen-bond acceptors (Lipinski definition) is 3. The summed E-state index contributed by atoms with van der Waals surface area (Å²) in [6.07, 6.45) is 6.29. The zero-order chi connectivity index (χ0) is 13.8. The molecular weight excluding hydrogens is 250 g/mol. The Morgan fingerprint density at radius 3 is 3.20 bits per heavy atom. The lowest BCUT2D eigenvalue weighted by Crippen LogP contribution is -2.15. The minimum Gasteiger partial charge on any atom is -0.325 e. The third kappa shape index (κ3) is 2.96. The fraction of sp³-hybridized carbons (Fsp3) is 0.375. The van der Waals surface area contributed by atoms with Gasteiger partial charge in [-0.05, 0) is 49.4 Å². The number of carbonyl (C=O) groups excluding carboxylic acids is 1. The summed E-state index contributed by atoms with van der Waals surface area (Å²) >= 11 is 0. The molecule has 4 heteroatoms. The highest BCUT2D eigenvalue weighted by molar-refractivity contribution is 6.01. The summed E-state index contributed by atoms with van der Waals surface area (Å²) in [6.45, 7) is 2.13. The van der Waals surface area contributed by atoms with Gasteiger partial charge in [0.1, 0.15) is 0 Å². The van der Waals surface area contributed by atoms with Crippen molar-refractivity contribution in [1.29, 1.82) is 0 Å². The molecule has 4 nitrogen and oxygen atoms in total. The zero-order valence-electron chi connectivity index (χ0n) is 11.4. The van der Waals surface area contributed by atoms with Gasteiger partial charge >= 0.3 is 0 Å². The molecule has 0 bridgehead atoms. The van der Waals surface area contributed by atoms with E-state index in [0.29, 0.717) is 12.3 Å². The average Bonchev–Trinajstić information content (AvgIpc) is 2.99. The van der Waals surface area contributed by atoms with Gasteiger partial charge in [0.2, 0.25) is 5.91 Å². The molecule has 2 heterocycles. The number of nitrogens with zero attached hydrogens (tertiary/aromatic N) is 1. The fourth-order valence-electron chi connectivity index (χ4n) is 2.73. The Morgan fingerprint density at radius 1 is 1.40 bits per heavy atom. The molecule has 0 radical (unpaired) electrons. The lowest BCUT2D eigenvalue weighted by Gasteiger charge is -2.10. The summed E-state index contributed by atoms with van der Waals surface area (Å²) in [5.41, 5.74) is 0.852. The second-order valence-corrected chi connectivity index (χ2v) is 5.35. The second kappa shape index (κ2) is 6.01. The summed E-state index contributed by atoms with van der Waals surface area (Å²) < 4.78 is 0. The van der Waals surface area contributed by atoms with Crippen LogP contribution in [0.1, 0.15) is 19.3 Å². The van der Waals surface area contributed by atoms with Gasteiger partial charge in [-0.15, -0.1) is 0 Å². The molecular formula is C16H19N3O. The molecule has 20 heavy (non-hydrogen) atoms. The van der Waals surface area contributed by atoms with E-state index in [2.05, 4.69) is 15.6 Å². The van der Waals surface area contributed by atoms with E-state index in [4.69, 9.17) is 0 Å². The summed E-state index contributed by atoms with van der Waals surface area (Å²) in [7, 11) is 0. The standard InChI is InChI=1S/C16H19N3O/c20-16(5-4-12-6-8-17-10-12)19-15-3-1-2-13-7-9-18-11-14(13)15/h1-3,7,9,11-12,17H,4-6,8,10H2,(H,19,20). The minimum atomic E-state index is 0.0910. The number of aromatic nitrogens is 1. The lowest BCUT2D eigenvalue weighted by atomic mass is 10.0. The van der Waals surface area contributed by atoms with E-state index < -0.39 is 0 Å². The third-order valence-corrected chi connectivity index (χ3v) is 3.90. The van der Waals surface area contributed by atoms with E-state index in [-0.39, 0.29) is 5.91 Å². The average molecular weight is 269 g/mol. The predicted octanol–water partition coefficient (Wildman–Crippen LogP) is 2.56. The zero-order valence-corrected chi connectivity index (χ0v) is 11.4. The van der Waals surface area contributed by atoms with Crippen molar-refractivity contribution in [1.82, 2.24) is 10.3 Å². The summed E-state index contributed by atoms with van der Waals surface area (Å²) in [6, 6.07) is 7.87. The van der Waals surface area contributed by atoms with Crippen LogP contribution in [-0.4, -0.2) is 24.0 Å². The SMILES string of the molecule is O=C(CCC1CCNC1)Nc1cccc2ccncc12. The van der Waals surface area contributed by atoms with E-state index in [0.717, 1.165) is 36.0 Å². The molecule has 1 saturated heterocycles. The van der Waals surface area contributed by atoms with Gasteiger partial charge in [0.25, 0.3) is 0 Å². The van der Waals surface area contributed by atoms with Crippen LogP contribution in [0.15, 0.2) is 36.7 Å². The Hall–Kier alpha value is -1.94. The number of amides is 1. The summed E-state index contributed by atoms with van der Waals surface area (Å²) in [5.74, 6) is 0.739. The number of nitrogens with one attached hydrogen (secondary N) is 2. The molecule has 0 spiro atoms. The first-order valence-corrected chi connectivity index (χ1v) is 7.16. The molecule has 1 aromatic heterocycles. The molecule has 104 valence electrons. The highest BCUT2D eigenvalue weighted by atomic mass is 16.1. The number of rotatable bonds is 4. The van der Waals surface area contributed by atoms with Gasteiger partial charge in [0, 0.05) is 24.2 Å². The van der Waals surface area contributed by atoms with Gasteiger partial charge in [-0.1, -0.05) is 12.1 Å². The third-order valence-electron chi connectivity index (χ3n) is 3.90. The Kier molecular flexibility index (Phi) is 3.92. The highest BCUT2D eigenvalue weighted by Gasteiger charge is 2.15. The Balaban J connectivity index is 1.65. The van der Waals surface area contributed by atoms with Crippen LogP contribution in [0, 0.1) is 5.92 Å². The topological polar surface area (TPSA) is 54.0 Å². The molecule has 1 fully saturated rings. The van der Waals surface area contributed by atoms with Crippen molar-refractivity contribution in [3.8, 4) is 0 Å². The predicted molar refractivity (Wildman–Crippen MR) is 80.6 cm³/mol. The van der Waals surface area contributed by atoms with E-state index in [1.807, 2.05) is 24.3 Å². The van der Waals surface area contributed by atoms with E-state index in [1.165, 1.54) is 6.42 Å². The van der Waals surface area contributed by atoms with E-state index >= 15 is 0 Å². The summed E-state index contributed by atoms with van der Waals surface area (Å²) in [4.78, 5) is 16.2. The van der Waals surface area contributed by atoms with Crippen LogP contribution >= 0.6 is 0 Å². The molecule has 0 saturated carbocycles. The number of anilines is 1. The first-order valence-electron chi connectivity index (χ1n) is 7.16. The van der Waals surface area contributed by atoms with Gasteiger partial charge in [-0.25, -0.2) is 0 Å². The van der Waals surface area contributed by atoms with Gasteiger partial charge in [-0.3, -0.25) is 9.78 Å². The van der Waals surface area contributed by atoms with Crippen LogP contribution in [0.2, 0.25) is 0 Å². The maximum Gasteiger partial charge on any atom is 0.224 e. The van der Waals surface area contributed by atoms with Gasteiger partial charge < -0.3 is 10.6 Å². The largest absolute Gasteiger partial charge is 0.325 e. The molecule has 1 aliphatic rings. The van der Waals surface area contributed by atoms with Crippen LogP contribution < -0.4 is 10.6 Å². The van der Waals surface area contributed by atoms with Crippen LogP contribution in [0.5, 0.6) is 0 Å². The first-order chi connectivity index (χ1) is 9.83. The number of fused-ring (bicyclic) bond motifs is 1. The van der Waals surface area contributed by atoms with Gasteiger partial charge in [-0.2, -0.15) is 0 Å². The Labute approximate surface area is 118 Å². The molecule has 1 aliphatic heterocycles. The van der Waals surface area contributed by atoms with Crippen molar-refractivity contribution < 1.29 is 4.79 Å². The molecule has 1 amide bonds. The molecule has 3 rings (SSSR count). The van der Waals surface area contributed by atoms with Crippen molar-refractivity contribution in [3.05, 3.63) is 36.7 Å². The number of hydrogen-bond donors (Lipinski definition) is 2. The molecule has 0 aliphatic carbocycles. The number of carbonyl (C=O) groups is 1. The maximum atomic E-state index is 12.1. The smallest absolute Gasteiger partial charge is 0.224 e. The molecule has 1 atom stereocenters. The molecule has 1 aromatic carbocycles. The molecule has 1 unspecified atom stereocenters. The Bertz CT molecular complexity index is 600. The molecule has 2 aromatic rings. The highest BCUT2D eigenvalue weighted by Crippen LogP contribution is 2.22. The first kappa shape index (κ1) is 13.1. The van der Waals surface area contributed by atoms with Crippen LogP contribution in [0.3, 0.4) is 0 Å². The Morgan fingerprint density at radius 2 is 2.35 bits per heavy atom. The van der Waals surface area contributed by atoms with Crippen LogP contribution in [-0.2, 0) is 4.79 Å². The lowest BCUT2D eigenvalue weighted by molar-refractivity contribution is -0.116. The van der Waals surface area contributed by atoms with Crippen molar-refractivity contribution in [2.75, 3.05) is 18.4 Å².